The lowest BCUT2D eigenvalue weighted by atomic mass is 9.99. The predicted octanol–water partition coefficient (Wildman–Crippen LogP) is 0.349. The van der Waals surface area contributed by atoms with Crippen LogP contribution in [0.3, 0.4) is 0 Å². The van der Waals surface area contributed by atoms with Crippen LogP contribution in [0.15, 0.2) is 5.16 Å². The van der Waals surface area contributed by atoms with E-state index in [-0.39, 0.29) is 11.2 Å². The minimum Gasteiger partial charge on any atom is -0.319 e. The van der Waals surface area contributed by atoms with Crippen molar-refractivity contribution in [3.05, 3.63) is 0 Å². The molecule has 0 radical (unpaired) electrons. The Bertz CT molecular complexity index is 408. The average Bonchev–Trinajstić information content (AvgIpc) is 3.13. The standard InChI is InChI=1S/C10H16N2O4S/c1-11-16-10(13)8-4-6-12(7-5-8)17(14,15)9-2-3-9/h8-9H,1-7H2. The summed E-state index contributed by atoms with van der Waals surface area (Å²) in [7, 11) is -3.10. The Balaban J connectivity index is 1.89. The highest BCUT2D eigenvalue weighted by molar-refractivity contribution is 7.90. The quantitative estimate of drug-likeness (QED) is 0.415. The molecule has 1 saturated carbocycles. The fourth-order valence-corrected chi connectivity index (χ4v) is 3.93. The van der Waals surface area contributed by atoms with Crippen molar-refractivity contribution >= 4 is 22.7 Å². The minimum absolute atomic E-state index is 0.180. The summed E-state index contributed by atoms with van der Waals surface area (Å²) in [5, 5.41) is 2.91. The number of sulfonamides is 1. The van der Waals surface area contributed by atoms with Gasteiger partial charge in [-0.3, -0.25) is 0 Å². The van der Waals surface area contributed by atoms with Crippen molar-refractivity contribution in [2.45, 2.75) is 30.9 Å². The molecule has 2 rings (SSSR count). The summed E-state index contributed by atoms with van der Waals surface area (Å²) in [4.78, 5) is 15.8. The first-order chi connectivity index (χ1) is 8.05. The van der Waals surface area contributed by atoms with E-state index < -0.39 is 16.0 Å². The number of hydrogen-bond donors (Lipinski definition) is 0. The van der Waals surface area contributed by atoms with Gasteiger partial charge < -0.3 is 4.84 Å². The maximum absolute atomic E-state index is 11.9. The highest BCUT2D eigenvalue weighted by Gasteiger charge is 2.42. The van der Waals surface area contributed by atoms with E-state index in [4.69, 9.17) is 0 Å². The minimum atomic E-state index is -3.10. The van der Waals surface area contributed by atoms with Crippen molar-refractivity contribution in [2.24, 2.45) is 11.1 Å². The zero-order valence-corrected chi connectivity index (χ0v) is 10.4. The molecular weight excluding hydrogens is 244 g/mol. The zero-order chi connectivity index (χ0) is 12.5. The van der Waals surface area contributed by atoms with Crippen molar-refractivity contribution in [1.29, 1.82) is 0 Å². The molecule has 1 saturated heterocycles. The molecule has 0 aromatic carbocycles. The third-order valence-corrected chi connectivity index (χ3v) is 5.65. The fourth-order valence-electron chi connectivity index (χ4n) is 2.06. The lowest BCUT2D eigenvalue weighted by Gasteiger charge is -2.29. The molecule has 0 bridgehead atoms. The van der Waals surface area contributed by atoms with E-state index >= 15 is 0 Å². The Morgan fingerprint density at radius 3 is 2.29 bits per heavy atom. The maximum atomic E-state index is 11.9. The van der Waals surface area contributed by atoms with Crippen molar-refractivity contribution in [2.75, 3.05) is 13.1 Å². The van der Waals surface area contributed by atoms with Crippen molar-refractivity contribution in [3.63, 3.8) is 0 Å². The normalized spacial score (nSPS) is 23.3. The molecule has 0 atom stereocenters. The predicted molar refractivity (Wildman–Crippen MR) is 61.9 cm³/mol. The van der Waals surface area contributed by atoms with Crippen LogP contribution in [0.25, 0.3) is 0 Å². The highest BCUT2D eigenvalue weighted by atomic mass is 32.2. The van der Waals surface area contributed by atoms with Crippen LogP contribution >= 0.6 is 0 Å². The highest BCUT2D eigenvalue weighted by Crippen LogP contribution is 2.33. The van der Waals surface area contributed by atoms with Gasteiger partial charge >= 0.3 is 5.97 Å². The lowest BCUT2D eigenvalue weighted by Crippen LogP contribution is -2.41. The first-order valence-corrected chi connectivity index (χ1v) is 7.22. The SMILES string of the molecule is C=NOC(=O)C1CCN(S(=O)(=O)C2CC2)CC1. The Morgan fingerprint density at radius 2 is 1.82 bits per heavy atom. The maximum Gasteiger partial charge on any atom is 0.338 e. The Labute approximate surface area is 101 Å². The number of carbonyl (C=O) groups is 1. The summed E-state index contributed by atoms with van der Waals surface area (Å²) < 4.78 is 25.4. The topological polar surface area (TPSA) is 76.0 Å². The summed E-state index contributed by atoms with van der Waals surface area (Å²) in [5.74, 6) is -0.672. The van der Waals surface area contributed by atoms with E-state index in [1.54, 1.807) is 0 Å². The van der Waals surface area contributed by atoms with E-state index in [9.17, 15) is 13.2 Å². The van der Waals surface area contributed by atoms with Crippen LogP contribution in [0.2, 0.25) is 0 Å². The Kier molecular flexibility index (Phi) is 3.48. The second-order valence-electron chi connectivity index (χ2n) is 4.46. The second-order valence-corrected chi connectivity index (χ2v) is 6.67. The molecule has 2 aliphatic rings. The van der Waals surface area contributed by atoms with Gasteiger partial charge in [-0.1, -0.05) is 5.16 Å². The van der Waals surface area contributed by atoms with E-state index in [1.165, 1.54) is 4.31 Å². The van der Waals surface area contributed by atoms with Crippen LogP contribution in [-0.4, -0.2) is 43.7 Å². The molecule has 96 valence electrons. The van der Waals surface area contributed by atoms with Gasteiger partial charge in [-0.05, 0) is 25.7 Å². The summed E-state index contributed by atoms with van der Waals surface area (Å²) in [6.45, 7) is 3.88. The molecule has 0 amide bonds. The molecule has 1 heterocycles. The molecule has 1 aliphatic carbocycles. The van der Waals surface area contributed by atoms with Crippen LogP contribution in [0.1, 0.15) is 25.7 Å². The van der Waals surface area contributed by atoms with Crippen molar-refractivity contribution in [1.82, 2.24) is 4.31 Å². The lowest BCUT2D eigenvalue weighted by molar-refractivity contribution is -0.149. The number of hydrogen-bond acceptors (Lipinski definition) is 5. The van der Waals surface area contributed by atoms with E-state index in [1.807, 2.05) is 0 Å². The molecule has 0 unspecified atom stereocenters. The second kappa shape index (κ2) is 4.73. The van der Waals surface area contributed by atoms with Crippen LogP contribution in [0.5, 0.6) is 0 Å². The van der Waals surface area contributed by atoms with Gasteiger partial charge in [0.2, 0.25) is 10.0 Å². The van der Waals surface area contributed by atoms with E-state index in [2.05, 4.69) is 16.7 Å². The Morgan fingerprint density at radius 1 is 1.24 bits per heavy atom. The molecular formula is C10H16N2O4S. The van der Waals surface area contributed by atoms with Crippen LogP contribution in [0.4, 0.5) is 0 Å². The molecule has 7 heteroatoms. The smallest absolute Gasteiger partial charge is 0.319 e. The van der Waals surface area contributed by atoms with E-state index in [0.29, 0.717) is 25.9 Å². The van der Waals surface area contributed by atoms with Crippen molar-refractivity contribution in [3.8, 4) is 0 Å². The average molecular weight is 260 g/mol. The summed E-state index contributed by atoms with van der Waals surface area (Å²) >= 11 is 0. The fraction of sp³-hybridized carbons (Fsp3) is 0.800. The van der Waals surface area contributed by atoms with Gasteiger partial charge in [-0.2, -0.15) is 0 Å². The molecule has 0 spiro atoms. The summed E-state index contributed by atoms with van der Waals surface area (Å²) in [5.41, 5.74) is 0. The molecule has 1 aliphatic heterocycles. The third kappa shape index (κ3) is 2.66. The number of rotatable bonds is 4. The van der Waals surface area contributed by atoms with Crippen LogP contribution in [-0.2, 0) is 19.7 Å². The van der Waals surface area contributed by atoms with Gasteiger partial charge in [-0.15, -0.1) is 0 Å². The summed E-state index contributed by atoms with van der Waals surface area (Å²) in [6.07, 6.45) is 2.54. The number of oxime groups is 1. The number of nitrogens with zero attached hydrogens (tertiary/aromatic N) is 2. The first-order valence-electron chi connectivity index (χ1n) is 5.71. The largest absolute Gasteiger partial charge is 0.338 e. The first kappa shape index (κ1) is 12.5. The third-order valence-electron chi connectivity index (χ3n) is 3.25. The Hall–Kier alpha value is -0.950. The van der Waals surface area contributed by atoms with Gasteiger partial charge in [0.15, 0.2) is 0 Å². The molecule has 0 aromatic heterocycles. The van der Waals surface area contributed by atoms with Gasteiger partial charge in [0.05, 0.1) is 11.2 Å². The van der Waals surface area contributed by atoms with Gasteiger partial charge in [0, 0.05) is 19.8 Å². The van der Waals surface area contributed by atoms with Gasteiger partial charge in [0.1, 0.15) is 0 Å². The molecule has 6 nitrogen and oxygen atoms in total. The van der Waals surface area contributed by atoms with Crippen molar-refractivity contribution < 1.29 is 18.0 Å². The van der Waals surface area contributed by atoms with E-state index in [0.717, 1.165) is 12.8 Å². The zero-order valence-electron chi connectivity index (χ0n) is 9.54. The molecule has 2 fully saturated rings. The van der Waals surface area contributed by atoms with Crippen LogP contribution < -0.4 is 0 Å². The van der Waals surface area contributed by atoms with Gasteiger partial charge in [0.25, 0.3) is 0 Å². The molecule has 17 heavy (non-hydrogen) atoms. The monoisotopic (exact) mass is 260 g/mol. The molecule has 0 N–H and O–H groups in total. The number of piperidine rings is 1. The molecule has 0 aromatic rings. The van der Waals surface area contributed by atoms with Gasteiger partial charge in [-0.25, -0.2) is 17.5 Å². The number of carbonyl (C=O) groups excluding carboxylic acids is 1. The van der Waals surface area contributed by atoms with Crippen LogP contribution in [0, 0.1) is 5.92 Å². The summed E-state index contributed by atoms with van der Waals surface area (Å²) in [6, 6.07) is 0.